The lowest BCUT2D eigenvalue weighted by molar-refractivity contribution is -0.126. The molecule has 2 N–H and O–H groups in total. The highest BCUT2D eigenvalue weighted by atomic mass is 16.3. The zero-order valence-corrected chi connectivity index (χ0v) is 13.1. The van der Waals surface area contributed by atoms with Crippen molar-refractivity contribution >= 4 is 5.91 Å². The van der Waals surface area contributed by atoms with Gasteiger partial charge in [-0.05, 0) is 30.5 Å². The van der Waals surface area contributed by atoms with Crippen molar-refractivity contribution in [2.75, 3.05) is 0 Å². The number of nitrogens with one attached hydrogen (secondary N) is 1. The number of carbonyl (C=O) groups excluding carboxylic acids is 1. The van der Waals surface area contributed by atoms with Gasteiger partial charge in [-0.2, -0.15) is 0 Å². The van der Waals surface area contributed by atoms with Gasteiger partial charge >= 0.3 is 0 Å². The summed E-state index contributed by atoms with van der Waals surface area (Å²) in [5, 5.41) is 13.5. The first-order valence-corrected chi connectivity index (χ1v) is 8.14. The summed E-state index contributed by atoms with van der Waals surface area (Å²) in [5.74, 6) is -0.131. The van der Waals surface area contributed by atoms with Crippen molar-refractivity contribution in [3.8, 4) is 0 Å². The molecule has 2 aromatic rings. The van der Waals surface area contributed by atoms with Crippen molar-refractivity contribution in [1.82, 2.24) is 10.3 Å². The summed E-state index contributed by atoms with van der Waals surface area (Å²) in [6.45, 7) is 0. The molecule has 0 bridgehead atoms. The Morgan fingerprint density at radius 1 is 1.13 bits per heavy atom. The highest BCUT2D eigenvalue weighted by Gasteiger charge is 2.34. The van der Waals surface area contributed by atoms with Gasteiger partial charge in [-0.15, -0.1) is 0 Å². The van der Waals surface area contributed by atoms with E-state index in [4.69, 9.17) is 0 Å². The number of amides is 1. The number of hydrogen-bond donors (Lipinski definition) is 2. The molecule has 4 nitrogen and oxygen atoms in total. The van der Waals surface area contributed by atoms with E-state index in [1.54, 1.807) is 6.20 Å². The first kappa shape index (κ1) is 15.7. The van der Waals surface area contributed by atoms with E-state index in [9.17, 15) is 9.90 Å². The van der Waals surface area contributed by atoms with Gasteiger partial charge in [0, 0.05) is 6.20 Å². The molecule has 1 aliphatic carbocycles. The fourth-order valence-corrected chi connectivity index (χ4v) is 3.24. The number of benzene rings is 1. The lowest BCUT2D eigenvalue weighted by Crippen LogP contribution is -2.37. The first-order chi connectivity index (χ1) is 11.2. The molecule has 0 radical (unpaired) electrons. The Labute approximate surface area is 136 Å². The summed E-state index contributed by atoms with van der Waals surface area (Å²) in [6, 6.07) is 15.2. The zero-order chi connectivity index (χ0) is 16.1. The van der Waals surface area contributed by atoms with Gasteiger partial charge in [0.25, 0.3) is 0 Å². The van der Waals surface area contributed by atoms with Gasteiger partial charge in [-0.25, -0.2) is 0 Å². The summed E-state index contributed by atoms with van der Waals surface area (Å²) in [6.07, 6.45) is 5.28. The van der Waals surface area contributed by atoms with Gasteiger partial charge in [0.15, 0.2) is 0 Å². The summed E-state index contributed by atoms with van der Waals surface area (Å²) in [5.41, 5.74) is 0.943. The number of aromatic nitrogens is 1. The van der Waals surface area contributed by atoms with Crippen LogP contribution in [0.2, 0.25) is 0 Å². The van der Waals surface area contributed by atoms with Crippen LogP contribution in [0.15, 0.2) is 54.7 Å². The Balaban J connectivity index is 1.78. The second-order valence-electron chi connectivity index (χ2n) is 6.27. The molecule has 1 aromatic heterocycles. The van der Waals surface area contributed by atoms with Gasteiger partial charge in [0.2, 0.25) is 5.91 Å². The zero-order valence-electron chi connectivity index (χ0n) is 13.1. The van der Waals surface area contributed by atoms with E-state index in [0.717, 1.165) is 24.1 Å². The van der Waals surface area contributed by atoms with Crippen LogP contribution in [0.5, 0.6) is 0 Å². The normalized spacial score (nSPS) is 17.6. The van der Waals surface area contributed by atoms with Crippen LogP contribution in [0.1, 0.15) is 49.4 Å². The number of rotatable bonds is 5. The fraction of sp³-hybridized carbons (Fsp3) is 0.368. The second kappa shape index (κ2) is 6.92. The molecule has 1 aliphatic rings. The molecule has 1 unspecified atom stereocenters. The third kappa shape index (κ3) is 3.96. The second-order valence-corrected chi connectivity index (χ2v) is 6.27. The van der Waals surface area contributed by atoms with Gasteiger partial charge in [-0.1, -0.05) is 49.2 Å². The molecule has 0 aliphatic heterocycles. The topological polar surface area (TPSA) is 62.2 Å². The molecule has 1 fully saturated rings. The maximum absolute atomic E-state index is 12.5. The monoisotopic (exact) mass is 310 g/mol. The maximum Gasteiger partial charge on any atom is 0.223 e. The van der Waals surface area contributed by atoms with Crippen LogP contribution in [0.4, 0.5) is 0 Å². The van der Waals surface area contributed by atoms with Crippen LogP contribution in [0, 0.1) is 0 Å². The van der Waals surface area contributed by atoms with Crippen LogP contribution in [0.25, 0.3) is 0 Å². The third-order valence-electron chi connectivity index (χ3n) is 4.45. The molecule has 1 atom stereocenters. The van der Waals surface area contributed by atoms with E-state index in [1.165, 1.54) is 0 Å². The fourth-order valence-electron chi connectivity index (χ4n) is 3.24. The minimum atomic E-state index is -0.838. The number of pyridine rings is 1. The number of nitrogens with zero attached hydrogens (tertiary/aromatic N) is 1. The van der Waals surface area contributed by atoms with E-state index >= 15 is 0 Å². The molecule has 120 valence electrons. The number of carbonyl (C=O) groups is 1. The van der Waals surface area contributed by atoms with Crippen molar-refractivity contribution in [2.24, 2.45) is 0 Å². The highest BCUT2D eigenvalue weighted by Crippen LogP contribution is 2.32. The van der Waals surface area contributed by atoms with Gasteiger partial charge in [0.1, 0.15) is 0 Å². The molecule has 3 rings (SSSR count). The average Bonchev–Trinajstić information content (AvgIpc) is 3.00. The minimum absolute atomic E-state index is 0.131. The van der Waals surface area contributed by atoms with Crippen molar-refractivity contribution in [3.63, 3.8) is 0 Å². The van der Waals surface area contributed by atoms with E-state index in [0.29, 0.717) is 12.8 Å². The van der Waals surface area contributed by atoms with E-state index < -0.39 is 5.60 Å². The lowest BCUT2D eigenvalue weighted by atomic mass is 9.96. The average molecular weight is 310 g/mol. The van der Waals surface area contributed by atoms with Crippen molar-refractivity contribution in [3.05, 3.63) is 66.0 Å². The predicted octanol–water partition coefficient (Wildman–Crippen LogP) is 2.98. The van der Waals surface area contributed by atoms with E-state index in [1.807, 2.05) is 48.5 Å². The Hall–Kier alpha value is -2.20. The number of aliphatic hydroxyl groups is 1. The quantitative estimate of drug-likeness (QED) is 0.892. The molecule has 4 heteroatoms. The summed E-state index contributed by atoms with van der Waals surface area (Å²) in [4.78, 5) is 16.8. The van der Waals surface area contributed by atoms with Gasteiger partial charge in [0.05, 0.1) is 23.8 Å². The minimum Gasteiger partial charge on any atom is -0.389 e. The van der Waals surface area contributed by atoms with Crippen molar-refractivity contribution in [2.45, 2.75) is 43.7 Å². The van der Waals surface area contributed by atoms with Crippen LogP contribution in [-0.4, -0.2) is 21.6 Å². The largest absolute Gasteiger partial charge is 0.389 e. The van der Waals surface area contributed by atoms with Crippen LogP contribution in [0.3, 0.4) is 0 Å². The Kier molecular flexibility index (Phi) is 4.72. The standard InChI is InChI=1S/C19H22N2O2/c22-17(14-19(23)11-5-6-12-19)21-18(15-8-2-1-3-9-15)16-10-4-7-13-20-16/h1-4,7-10,13,18,23H,5-6,11-12,14H2,(H,21,22). The van der Waals surface area contributed by atoms with Crippen molar-refractivity contribution < 1.29 is 9.90 Å². The molecular weight excluding hydrogens is 288 g/mol. The van der Waals surface area contributed by atoms with Gasteiger partial charge in [-0.3, -0.25) is 9.78 Å². The smallest absolute Gasteiger partial charge is 0.223 e. The maximum atomic E-state index is 12.5. The number of hydrogen-bond acceptors (Lipinski definition) is 3. The van der Waals surface area contributed by atoms with Gasteiger partial charge < -0.3 is 10.4 Å². The molecule has 1 saturated carbocycles. The summed E-state index contributed by atoms with van der Waals surface area (Å²) < 4.78 is 0. The van der Waals surface area contributed by atoms with Crippen molar-refractivity contribution in [1.29, 1.82) is 0 Å². The molecule has 1 amide bonds. The Morgan fingerprint density at radius 2 is 1.83 bits per heavy atom. The molecule has 23 heavy (non-hydrogen) atoms. The Bertz CT molecular complexity index is 597. The molecule has 1 aromatic carbocycles. The lowest BCUT2D eigenvalue weighted by Gasteiger charge is -2.24. The highest BCUT2D eigenvalue weighted by molar-refractivity contribution is 5.78. The van der Waals surface area contributed by atoms with Crippen LogP contribution in [-0.2, 0) is 4.79 Å². The summed E-state index contributed by atoms with van der Waals surface area (Å²) in [7, 11) is 0. The summed E-state index contributed by atoms with van der Waals surface area (Å²) >= 11 is 0. The molecular formula is C19H22N2O2. The molecule has 1 heterocycles. The van der Waals surface area contributed by atoms with Crippen LogP contribution >= 0.6 is 0 Å². The van der Waals surface area contributed by atoms with E-state index in [2.05, 4.69) is 10.3 Å². The first-order valence-electron chi connectivity index (χ1n) is 8.14. The predicted molar refractivity (Wildman–Crippen MR) is 88.7 cm³/mol. The van der Waals surface area contributed by atoms with Crippen LogP contribution < -0.4 is 5.32 Å². The molecule has 0 spiro atoms. The van der Waals surface area contributed by atoms with E-state index in [-0.39, 0.29) is 18.4 Å². The molecule has 0 saturated heterocycles. The SMILES string of the molecule is O=C(CC1(O)CCCC1)NC(c1ccccc1)c1ccccn1. The third-order valence-corrected chi connectivity index (χ3v) is 4.45. The Morgan fingerprint density at radius 3 is 2.48 bits per heavy atom.